The largest absolute Gasteiger partial charge is 0.314 e. The Hall–Kier alpha value is -0.380. The van der Waals surface area contributed by atoms with E-state index in [0.29, 0.717) is 0 Å². The lowest BCUT2D eigenvalue weighted by Crippen LogP contribution is -2.45. The Balaban J connectivity index is 1.57. The van der Waals surface area contributed by atoms with Crippen LogP contribution in [0.4, 0.5) is 0 Å². The number of hydrogen-bond donors (Lipinski definition) is 2. The summed E-state index contributed by atoms with van der Waals surface area (Å²) in [5, 5.41) is 9.81. The first kappa shape index (κ1) is 14.6. The van der Waals surface area contributed by atoms with E-state index in [9.17, 15) is 0 Å². The first-order chi connectivity index (χ1) is 9.67. The fourth-order valence-electron chi connectivity index (χ4n) is 3.94. The molecule has 2 heterocycles. The highest BCUT2D eigenvalue weighted by atomic mass is 32.1. The van der Waals surface area contributed by atoms with E-state index in [2.05, 4.69) is 42.0 Å². The first-order valence-corrected chi connectivity index (χ1v) is 9.05. The van der Waals surface area contributed by atoms with Crippen molar-refractivity contribution in [2.45, 2.75) is 63.5 Å². The fourth-order valence-corrected chi connectivity index (χ4v) is 4.79. The molecule has 112 valence electrons. The van der Waals surface area contributed by atoms with Crippen molar-refractivity contribution in [1.82, 2.24) is 10.6 Å². The van der Waals surface area contributed by atoms with E-state index in [-0.39, 0.29) is 5.41 Å². The Morgan fingerprint density at radius 1 is 1.30 bits per heavy atom. The molecule has 20 heavy (non-hydrogen) atoms. The number of hydrogen-bond acceptors (Lipinski definition) is 3. The fraction of sp³-hybridized carbons (Fsp3) is 0.765. The zero-order valence-electron chi connectivity index (χ0n) is 12.8. The van der Waals surface area contributed by atoms with Gasteiger partial charge in [-0.05, 0) is 49.6 Å². The summed E-state index contributed by atoms with van der Waals surface area (Å²) in [7, 11) is 0. The summed E-state index contributed by atoms with van der Waals surface area (Å²) in [4.78, 5) is 1.50. The summed E-state index contributed by atoms with van der Waals surface area (Å²) in [6.45, 7) is 7.06. The van der Waals surface area contributed by atoms with Gasteiger partial charge in [0.25, 0.3) is 0 Å². The average Bonchev–Trinajstić information content (AvgIpc) is 3.16. The van der Waals surface area contributed by atoms with Gasteiger partial charge in [0.15, 0.2) is 0 Å². The zero-order chi connectivity index (χ0) is 14.0. The molecule has 0 spiro atoms. The number of nitrogens with one attached hydrogen (secondary N) is 2. The van der Waals surface area contributed by atoms with E-state index in [1.54, 1.807) is 0 Å². The Labute approximate surface area is 127 Å². The monoisotopic (exact) mass is 292 g/mol. The number of rotatable bonds is 5. The Bertz CT molecular complexity index is 407. The lowest BCUT2D eigenvalue weighted by atomic mass is 9.89. The van der Waals surface area contributed by atoms with Crippen LogP contribution in [0.3, 0.4) is 0 Å². The first-order valence-electron chi connectivity index (χ1n) is 8.17. The van der Waals surface area contributed by atoms with Crippen LogP contribution in [-0.4, -0.2) is 25.2 Å². The maximum atomic E-state index is 3.90. The van der Waals surface area contributed by atoms with E-state index in [4.69, 9.17) is 0 Å². The third-order valence-corrected chi connectivity index (χ3v) is 6.41. The van der Waals surface area contributed by atoms with Gasteiger partial charge in [0.1, 0.15) is 0 Å². The Morgan fingerprint density at radius 2 is 2.20 bits per heavy atom. The highest BCUT2D eigenvalue weighted by Gasteiger charge is 2.35. The van der Waals surface area contributed by atoms with Crippen LogP contribution in [0.5, 0.6) is 0 Å². The van der Waals surface area contributed by atoms with E-state index in [1.807, 2.05) is 11.3 Å². The second-order valence-electron chi connectivity index (χ2n) is 7.15. The molecule has 2 nitrogen and oxygen atoms in total. The molecule has 1 aromatic heterocycles. The molecule has 2 fully saturated rings. The van der Waals surface area contributed by atoms with Crippen LogP contribution in [0.2, 0.25) is 0 Å². The van der Waals surface area contributed by atoms with Crippen LogP contribution in [0.1, 0.15) is 50.8 Å². The van der Waals surface area contributed by atoms with Gasteiger partial charge in [0.05, 0.1) is 0 Å². The normalized spacial score (nSPS) is 31.0. The standard InChI is InChI=1S/C17H28N2S/c1-17(2,16-9-5-11-20-16)12-19-15-7-3-6-13(15)14-8-4-10-18-14/h5,9,11,13-15,18-19H,3-4,6-8,10,12H2,1-2H3. The summed E-state index contributed by atoms with van der Waals surface area (Å²) in [6.07, 6.45) is 6.93. The van der Waals surface area contributed by atoms with Gasteiger partial charge >= 0.3 is 0 Å². The maximum absolute atomic E-state index is 3.90. The molecular formula is C17H28N2S. The molecule has 2 aliphatic rings. The van der Waals surface area contributed by atoms with Crippen LogP contribution in [0, 0.1) is 5.92 Å². The molecule has 0 aromatic carbocycles. The minimum Gasteiger partial charge on any atom is -0.314 e. The van der Waals surface area contributed by atoms with Crippen LogP contribution in [-0.2, 0) is 5.41 Å². The highest BCUT2D eigenvalue weighted by Crippen LogP contribution is 2.33. The summed E-state index contributed by atoms with van der Waals surface area (Å²) in [5.41, 5.74) is 0.254. The van der Waals surface area contributed by atoms with Crippen LogP contribution in [0.25, 0.3) is 0 Å². The molecule has 3 heteroatoms. The van der Waals surface area contributed by atoms with Crippen molar-refractivity contribution in [3.8, 4) is 0 Å². The quantitative estimate of drug-likeness (QED) is 0.867. The van der Waals surface area contributed by atoms with Gasteiger partial charge in [-0.25, -0.2) is 0 Å². The Morgan fingerprint density at radius 3 is 2.90 bits per heavy atom. The third kappa shape index (κ3) is 3.10. The van der Waals surface area contributed by atoms with E-state index in [0.717, 1.165) is 24.5 Å². The van der Waals surface area contributed by atoms with Gasteiger partial charge < -0.3 is 10.6 Å². The summed E-state index contributed by atoms with van der Waals surface area (Å²) >= 11 is 1.89. The van der Waals surface area contributed by atoms with Crippen LogP contribution in [0.15, 0.2) is 17.5 Å². The van der Waals surface area contributed by atoms with Crippen molar-refractivity contribution >= 4 is 11.3 Å². The molecule has 1 saturated carbocycles. The molecule has 3 rings (SSSR count). The summed E-state index contributed by atoms with van der Waals surface area (Å²) in [6, 6.07) is 5.95. The lowest BCUT2D eigenvalue weighted by molar-refractivity contribution is 0.304. The zero-order valence-corrected chi connectivity index (χ0v) is 13.6. The molecule has 3 unspecified atom stereocenters. The molecule has 0 bridgehead atoms. The predicted molar refractivity (Wildman–Crippen MR) is 87.5 cm³/mol. The highest BCUT2D eigenvalue weighted by molar-refractivity contribution is 7.10. The topological polar surface area (TPSA) is 24.1 Å². The smallest absolute Gasteiger partial charge is 0.0115 e. The van der Waals surface area contributed by atoms with Gasteiger partial charge in [-0.3, -0.25) is 0 Å². The van der Waals surface area contributed by atoms with Gasteiger partial charge in [-0.1, -0.05) is 26.3 Å². The number of thiophene rings is 1. The van der Waals surface area contributed by atoms with Crippen LogP contribution < -0.4 is 10.6 Å². The van der Waals surface area contributed by atoms with Crippen molar-refractivity contribution in [3.63, 3.8) is 0 Å². The molecule has 3 atom stereocenters. The molecule has 0 radical (unpaired) electrons. The summed E-state index contributed by atoms with van der Waals surface area (Å²) < 4.78 is 0. The molecule has 1 aromatic rings. The van der Waals surface area contributed by atoms with Gasteiger partial charge in [-0.15, -0.1) is 11.3 Å². The van der Waals surface area contributed by atoms with E-state index in [1.165, 1.54) is 43.5 Å². The van der Waals surface area contributed by atoms with Gasteiger partial charge in [0.2, 0.25) is 0 Å². The van der Waals surface area contributed by atoms with Crippen LogP contribution >= 0.6 is 11.3 Å². The molecule has 0 amide bonds. The molecule has 1 saturated heterocycles. The molecule has 1 aliphatic carbocycles. The predicted octanol–water partition coefficient (Wildman–Crippen LogP) is 3.54. The average molecular weight is 292 g/mol. The SMILES string of the molecule is CC(C)(CNC1CCCC1C1CCCN1)c1cccs1. The van der Waals surface area contributed by atoms with Crippen molar-refractivity contribution in [1.29, 1.82) is 0 Å². The maximum Gasteiger partial charge on any atom is 0.0115 e. The minimum absolute atomic E-state index is 0.254. The molecule has 2 N–H and O–H groups in total. The second kappa shape index (κ2) is 6.17. The third-order valence-electron chi connectivity index (χ3n) is 5.18. The van der Waals surface area contributed by atoms with Crippen molar-refractivity contribution in [2.75, 3.05) is 13.1 Å². The molecule has 1 aliphatic heterocycles. The van der Waals surface area contributed by atoms with Crippen molar-refractivity contribution < 1.29 is 0 Å². The second-order valence-corrected chi connectivity index (χ2v) is 8.09. The Kier molecular flexibility index (Phi) is 4.49. The summed E-state index contributed by atoms with van der Waals surface area (Å²) in [5.74, 6) is 0.858. The van der Waals surface area contributed by atoms with Gasteiger partial charge in [-0.2, -0.15) is 0 Å². The van der Waals surface area contributed by atoms with Crippen molar-refractivity contribution in [3.05, 3.63) is 22.4 Å². The lowest BCUT2D eigenvalue weighted by Gasteiger charge is -2.31. The van der Waals surface area contributed by atoms with E-state index < -0.39 is 0 Å². The minimum atomic E-state index is 0.254. The molecular weight excluding hydrogens is 264 g/mol. The van der Waals surface area contributed by atoms with Crippen molar-refractivity contribution in [2.24, 2.45) is 5.92 Å². The van der Waals surface area contributed by atoms with E-state index >= 15 is 0 Å². The van der Waals surface area contributed by atoms with Gasteiger partial charge in [0, 0.05) is 28.9 Å².